The first-order chi connectivity index (χ1) is 26.4. The Balaban J connectivity index is -0.0000000549. The summed E-state index contributed by atoms with van der Waals surface area (Å²) in [5.41, 5.74) is 0.282. The van der Waals surface area contributed by atoms with Gasteiger partial charge in [0.2, 0.25) is 0 Å². The first-order valence-corrected chi connectivity index (χ1v) is 19.0. The molecule has 2 fully saturated rings. The van der Waals surface area contributed by atoms with Crippen molar-refractivity contribution in [2.24, 2.45) is 23.2 Å². The van der Waals surface area contributed by atoms with Gasteiger partial charge in [0.05, 0.1) is 12.7 Å². The van der Waals surface area contributed by atoms with Crippen molar-refractivity contribution >= 4 is 31.4 Å². The Morgan fingerprint density at radius 2 is 1.03 bits per heavy atom. The Hall–Kier alpha value is -0.508. The Kier molecular flexibility index (Phi) is 105. The van der Waals surface area contributed by atoms with Gasteiger partial charge in [-0.1, -0.05) is 106 Å². The van der Waals surface area contributed by atoms with Crippen molar-refractivity contribution in [3.05, 3.63) is 64.8 Å². The maximum atomic E-state index is 11.0. The van der Waals surface area contributed by atoms with Crippen LogP contribution in [-0.2, 0) is 153 Å². The molecule has 0 bridgehead atoms. The molecule has 0 aliphatic heterocycles. The molecule has 2 rings (SSSR count). The summed E-state index contributed by atoms with van der Waals surface area (Å²) in [5.74, 6) is 1.55. The zero-order chi connectivity index (χ0) is 43.8. The Labute approximate surface area is 439 Å². The molecule has 0 radical (unpaired) electrons. The summed E-state index contributed by atoms with van der Waals surface area (Å²) in [6.45, 7) is 48.6. The molecular formula is C45H74O10W5-2. The fourth-order valence-corrected chi connectivity index (χ4v) is 5.41. The van der Waals surface area contributed by atoms with Gasteiger partial charge in [-0.25, -0.2) is 0 Å². The Bertz CT molecular complexity index is 887. The summed E-state index contributed by atoms with van der Waals surface area (Å²) >= 11 is 0. The van der Waals surface area contributed by atoms with Crippen molar-refractivity contribution in [2.75, 3.05) is 26.4 Å². The molecule has 2 saturated carbocycles. The van der Waals surface area contributed by atoms with E-state index in [1.54, 1.807) is 0 Å². The van der Waals surface area contributed by atoms with Gasteiger partial charge >= 0.3 is 63.2 Å². The van der Waals surface area contributed by atoms with E-state index in [0.717, 1.165) is 63.2 Å². The first kappa shape index (κ1) is 86.6. The van der Waals surface area contributed by atoms with Gasteiger partial charge in [0.15, 0.2) is 0 Å². The molecule has 0 aromatic carbocycles. The predicted octanol–water partition coefficient (Wildman–Crippen LogP) is 9.88. The third kappa shape index (κ3) is 74.9. The van der Waals surface area contributed by atoms with Crippen LogP contribution in [0.2, 0.25) is 0 Å². The molecule has 2 aliphatic rings. The second kappa shape index (κ2) is 72.9. The fraction of sp³-hybridized carbons (Fsp3) is 0.667. The molecule has 0 spiro atoms. The molecule has 10 nitrogen and oxygen atoms in total. The van der Waals surface area contributed by atoms with Gasteiger partial charge in [-0.05, 0) is 74.5 Å². The van der Waals surface area contributed by atoms with Gasteiger partial charge in [-0.15, -0.1) is 0 Å². The minimum Gasteiger partial charge on any atom is -0.653 e. The summed E-state index contributed by atoms with van der Waals surface area (Å²) < 4.78 is 22.8. The maximum Gasteiger partial charge on any atom is 2.00 e. The van der Waals surface area contributed by atoms with E-state index < -0.39 is 11.9 Å². The Morgan fingerprint density at radius 3 is 1.37 bits per heavy atom. The van der Waals surface area contributed by atoms with E-state index in [-0.39, 0.29) is 117 Å². The van der Waals surface area contributed by atoms with Gasteiger partial charge in [-0.3, -0.25) is 42.5 Å². The molecule has 346 valence electrons. The zero-order valence-corrected chi connectivity index (χ0v) is 52.1. The van der Waals surface area contributed by atoms with E-state index in [1.165, 1.54) is 57.9 Å². The van der Waals surface area contributed by atoms with Gasteiger partial charge in [0, 0.05) is 62.0 Å². The van der Waals surface area contributed by atoms with E-state index in [4.69, 9.17) is 9.47 Å². The molecular weight excluding hydrogens is 1620 g/mol. The predicted molar refractivity (Wildman–Crippen MR) is 221 cm³/mol. The summed E-state index contributed by atoms with van der Waals surface area (Å²) in [6.07, 6.45) is 20.1. The summed E-state index contributed by atoms with van der Waals surface area (Å²) in [6, 6.07) is 0. The molecule has 2 atom stereocenters. The molecule has 0 heterocycles. The third-order valence-corrected chi connectivity index (χ3v) is 7.72. The number of hydrogen-bond donors (Lipinski definition) is 0. The molecule has 0 N–H and O–H groups in total. The number of carbonyl (C=O) groups is 2. The largest absolute Gasteiger partial charge is 2.00 e. The van der Waals surface area contributed by atoms with Crippen LogP contribution in [0.4, 0.5) is 0 Å². The fourth-order valence-electron chi connectivity index (χ4n) is 5.41. The topological polar surface area (TPSA) is 132 Å². The van der Waals surface area contributed by atoms with Crippen LogP contribution in [0, 0.1) is 55.1 Å². The summed E-state index contributed by atoms with van der Waals surface area (Å²) in [5, 5.41) is 0. The minimum atomic E-state index is -0.424. The normalized spacial score (nSPS) is 16.5. The summed E-state index contributed by atoms with van der Waals surface area (Å²) in [4.78, 5) is 49.6. The van der Waals surface area contributed by atoms with Crippen molar-refractivity contribution in [2.45, 2.75) is 144 Å². The molecule has 0 aromatic heterocycles. The molecule has 60 heavy (non-hydrogen) atoms. The average Bonchev–Trinajstić information content (AvgIpc) is 3.19. The van der Waals surface area contributed by atoms with Crippen LogP contribution >= 0.6 is 0 Å². The summed E-state index contributed by atoms with van der Waals surface area (Å²) in [7, 11) is 0. The van der Waals surface area contributed by atoms with Crippen LogP contribution < -0.4 is 0 Å². The number of ether oxygens (including phenoxy) is 5. The monoisotopic (exact) mass is 1690 g/mol. The number of rotatable bonds is 18. The van der Waals surface area contributed by atoms with Crippen molar-refractivity contribution < 1.29 is 153 Å². The van der Waals surface area contributed by atoms with Crippen LogP contribution in [0.1, 0.15) is 138 Å². The number of hydrogen-bond acceptors (Lipinski definition) is 10. The van der Waals surface area contributed by atoms with Gasteiger partial charge in [-0.2, -0.15) is 0 Å². The molecule has 0 amide bonds. The minimum absolute atomic E-state index is 0. The van der Waals surface area contributed by atoms with Gasteiger partial charge < -0.3 is 70.0 Å². The smallest absolute Gasteiger partial charge is 0.653 e. The SMILES string of the molecule is C=[C-]C(=O)OC1CC(C)CC(C)(C)C1.C=[C-]C(=O)OCCCC1CCC(C)CC1.CCCCO[C-]=O.CCCCO[C-]=O.CCCO[C-]=O.[CH-]=C.[CH-]=C.[CH-]=C.[W+2].[W+2].[W+2].[W].[W]. The average molecular weight is 1690 g/mol. The Morgan fingerprint density at radius 1 is 0.617 bits per heavy atom. The molecule has 0 aromatic rings. The van der Waals surface area contributed by atoms with Crippen LogP contribution in [0.15, 0.2) is 32.9 Å². The van der Waals surface area contributed by atoms with Crippen molar-refractivity contribution in [1.29, 1.82) is 0 Å². The van der Waals surface area contributed by atoms with Crippen molar-refractivity contribution in [3.63, 3.8) is 0 Å². The zero-order valence-electron chi connectivity index (χ0n) is 37.4. The quantitative estimate of drug-likeness (QED) is 0.0430. The third-order valence-electron chi connectivity index (χ3n) is 7.72. The van der Waals surface area contributed by atoms with E-state index in [2.05, 4.69) is 107 Å². The van der Waals surface area contributed by atoms with E-state index in [1.807, 2.05) is 20.8 Å². The van der Waals surface area contributed by atoms with E-state index in [0.29, 0.717) is 32.3 Å². The van der Waals surface area contributed by atoms with Crippen LogP contribution in [0.3, 0.4) is 0 Å². The van der Waals surface area contributed by atoms with Crippen LogP contribution in [0.5, 0.6) is 0 Å². The number of unbranched alkanes of at least 4 members (excludes halogenated alkanes) is 2. The van der Waals surface area contributed by atoms with Crippen LogP contribution in [-0.4, -0.2) is 63.9 Å². The second-order valence-electron chi connectivity index (χ2n) is 13.2. The number of esters is 2. The first-order valence-electron chi connectivity index (χ1n) is 19.0. The van der Waals surface area contributed by atoms with E-state index >= 15 is 0 Å². The molecule has 2 unspecified atom stereocenters. The number of carbonyl (C=O) groups excluding carboxylic acids is 5. The van der Waals surface area contributed by atoms with Crippen LogP contribution in [0.25, 0.3) is 0 Å². The van der Waals surface area contributed by atoms with Gasteiger partial charge in [0.25, 0.3) is 0 Å². The van der Waals surface area contributed by atoms with Crippen molar-refractivity contribution in [1.82, 2.24) is 0 Å². The molecule has 15 heteroatoms. The van der Waals surface area contributed by atoms with E-state index in [9.17, 15) is 24.0 Å². The standard InChI is InChI=1S/C13H21O2.C12H19O2.2C5H9O2.C4H7O2.3C2H3.5W/c1-3-13(14)15-10-4-5-12-8-6-11(2)7-9-12;1-5-11(13)14-10-6-9(2)7-12(3,4)8-10;2*1-2-3-4-7-5-6;1-2-3-6-4-5;3*1-2;;;;;/h11-12H,1,4-10H2,2H3;9-10H,1,6-8H2,2-4H3;2*2-4H2,1H3;2-3H2,1H3;3*1H,2H2;;;;;/q8*-1;;;3*+2. The maximum absolute atomic E-state index is 11.0. The molecule has 2 aliphatic carbocycles. The second-order valence-corrected chi connectivity index (χ2v) is 13.2. The van der Waals surface area contributed by atoms with Crippen molar-refractivity contribution in [3.8, 4) is 0 Å². The van der Waals surface area contributed by atoms with Gasteiger partial charge in [0.1, 0.15) is 11.9 Å². The molecule has 0 saturated heterocycles.